The number of anilines is 1. The summed E-state index contributed by atoms with van der Waals surface area (Å²) in [5.74, 6) is 0.865. The Morgan fingerprint density at radius 2 is 1.87 bits per heavy atom. The van der Waals surface area contributed by atoms with Crippen LogP contribution >= 0.6 is 0 Å². The smallest absolute Gasteiger partial charge is 0.223 e. The second kappa shape index (κ2) is 4.04. The predicted octanol–water partition coefficient (Wildman–Crippen LogP) is 1.68. The lowest BCUT2D eigenvalue weighted by molar-refractivity contribution is 1.07. The van der Waals surface area contributed by atoms with Gasteiger partial charge in [-0.1, -0.05) is 31.2 Å². The van der Waals surface area contributed by atoms with Crippen LogP contribution in [-0.4, -0.2) is 15.0 Å². The second-order valence-electron chi connectivity index (χ2n) is 3.22. The Kier molecular flexibility index (Phi) is 2.58. The maximum absolute atomic E-state index is 5.49. The summed E-state index contributed by atoms with van der Waals surface area (Å²) in [6, 6.07) is 8.12. The lowest BCUT2D eigenvalue weighted by Crippen LogP contribution is -1.98. The Hall–Kier alpha value is -1.97. The largest absolute Gasteiger partial charge is 0.368 e. The van der Waals surface area contributed by atoms with Gasteiger partial charge in [0.25, 0.3) is 0 Å². The molecule has 0 fully saturated rings. The highest BCUT2D eigenvalue weighted by Gasteiger charge is 2.01. The summed E-state index contributed by atoms with van der Waals surface area (Å²) in [7, 11) is 0. The van der Waals surface area contributed by atoms with Gasteiger partial charge in [0.15, 0.2) is 5.82 Å². The van der Waals surface area contributed by atoms with E-state index in [0.29, 0.717) is 5.82 Å². The molecule has 0 saturated carbocycles. The molecule has 1 aromatic heterocycles. The number of nitrogens with two attached hydrogens (primary N) is 1. The van der Waals surface area contributed by atoms with Gasteiger partial charge in [-0.15, -0.1) is 0 Å². The first-order chi connectivity index (χ1) is 7.29. The molecule has 0 spiro atoms. The van der Waals surface area contributed by atoms with E-state index >= 15 is 0 Å². The Labute approximate surface area is 88.2 Å². The quantitative estimate of drug-likeness (QED) is 0.801. The topological polar surface area (TPSA) is 64.7 Å². The molecule has 2 N–H and O–H groups in total. The van der Waals surface area contributed by atoms with Gasteiger partial charge in [-0.2, -0.15) is 4.98 Å². The second-order valence-corrected chi connectivity index (χ2v) is 3.22. The van der Waals surface area contributed by atoms with E-state index < -0.39 is 0 Å². The van der Waals surface area contributed by atoms with E-state index in [0.717, 1.165) is 12.0 Å². The van der Waals surface area contributed by atoms with Crippen LogP contribution in [-0.2, 0) is 6.42 Å². The molecule has 0 aliphatic carbocycles. The van der Waals surface area contributed by atoms with Gasteiger partial charge >= 0.3 is 0 Å². The zero-order chi connectivity index (χ0) is 10.7. The molecule has 0 aliphatic rings. The van der Waals surface area contributed by atoms with Gasteiger partial charge in [0.05, 0.1) is 0 Å². The van der Waals surface area contributed by atoms with Crippen LogP contribution in [0.5, 0.6) is 0 Å². The van der Waals surface area contributed by atoms with Crippen molar-refractivity contribution >= 4 is 5.95 Å². The van der Waals surface area contributed by atoms with E-state index in [4.69, 9.17) is 5.73 Å². The molecule has 4 heteroatoms. The third kappa shape index (κ3) is 2.10. The molecule has 1 aromatic carbocycles. The Balaban J connectivity index is 2.37. The maximum atomic E-state index is 5.49. The molecular formula is C11H12N4. The number of nitrogens with zero attached hydrogens (tertiary/aromatic N) is 3. The molecule has 15 heavy (non-hydrogen) atoms. The molecule has 2 aromatic rings. The molecule has 0 radical (unpaired) electrons. The van der Waals surface area contributed by atoms with Crippen LogP contribution in [0.25, 0.3) is 11.4 Å². The van der Waals surface area contributed by atoms with E-state index in [2.05, 4.69) is 34.0 Å². The highest BCUT2D eigenvalue weighted by molar-refractivity contribution is 5.55. The van der Waals surface area contributed by atoms with Gasteiger partial charge in [0, 0.05) is 5.56 Å². The third-order valence-electron chi connectivity index (χ3n) is 2.21. The van der Waals surface area contributed by atoms with E-state index in [-0.39, 0.29) is 5.95 Å². The minimum atomic E-state index is 0.250. The normalized spacial score (nSPS) is 10.2. The van der Waals surface area contributed by atoms with E-state index in [9.17, 15) is 0 Å². The number of nitrogen functional groups attached to an aromatic ring is 1. The molecule has 0 bridgehead atoms. The molecule has 0 amide bonds. The summed E-state index contributed by atoms with van der Waals surface area (Å²) < 4.78 is 0. The summed E-state index contributed by atoms with van der Waals surface area (Å²) in [4.78, 5) is 11.9. The highest BCUT2D eigenvalue weighted by Crippen LogP contribution is 2.15. The lowest BCUT2D eigenvalue weighted by atomic mass is 10.1. The highest BCUT2D eigenvalue weighted by atomic mass is 15.1. The fourth-order valence-electron chi connectivity index (χ4n) is 1.34. The van der Waals surface area contributed by atoms with Gasteiger partial charge < -0.3 is 5.73 Å². The Morgan fingerprint density at radius 3 is 2.47 bits per heavy atom. The molecular weight excluding hydrogens is 188 g/mol. The Bertz CT molecular complexity index is 450. The van der Waals surface area contributed by atoms with E-state index in [1.807, 2.05) is 12.1 Å². The number of hydrogen-bond donors (Lipinski definition) is 1. The van der Waals surface area contributed by atoms with Crippen LogP contribution in [0.15, 0.2) is 30.6 Å². The number of hydrogen-bond acceptors (Lipinski definition) is 4. The zero-order valence-electron chi connectivity index (χ0n) is 8.51. The average Bonchev–Trinajstić information content (AvgIpc) is 2.29. The maximum Gasteiger partial charge on any atom is 0.223 e. The lowest BCUT2D eigenvalue weighted by Gasteiger charge is -2.01. The molecule has 0 aliphatic heterocycles. The van der Waals surface area contributed by atoms with Crippen molar-refractivity contribution in [2.45, 2.75) is 13.3 Å². The van der Waals surface area contributed by atoms with Crippen LogP contribution in [0.3, 0.4) is 0 Å². The van der Waals surface area contributed by atoms with Crippen molar-refractivity contribution < 1.29 is 0 Å². The summed E-state index contributed by atoms with van der Waals surface area (Å²) >= 11 is 0. The van der Waals surface area contributed by atoms with E-state index in [1.54, 1.807) is 0 Å². The first-order valence-electron chi connectivity index (χ1n) is 4.83. The van der Waals surface area contributed by atoms with Gasteiger partial charge in [-0.25, -0.2) is 9.97 Å². The number of aromatic nitrogens is 3. The first kappa shape index (κ1) is 9.58. The summed E-state index contributed by atoms with van der Waals surface area (Å²) in [5, 5.41) is 0. The standard InChI is InChI=1S/C11H12N4/c1-2-8-3-5-9(6-4-8)10-13-7-14-11(12)15-10/h3-7H,2H2,1H3,(H2,12,13,14,15). The van der Waals surface area contributed by atoms with Gasteiger partial charge in [-0.05, 0) is 12.0 Å². The van der Waals surface area contributed by atoms with Crippen LogP contribution in [0, 0.1) is 0 Å². The summed E-state index contributed by atoms with van der Waals surface area (Å²) in [6.07, 6.45) is 2.45. The fourth-order valence-corrected chi connectivity index (χ4v) is 1.34. The van der Waals surface area contributed by atoms with Crippen molar-refractivity contribution in [2.75, 3.05) is 5.73 Å². The minimum absolute atomic E-state index is 0.250. The van der Waals surface area contributed by atoms with Crippen LogP contribution in [0.4, 0.5) is 5.95 Å². The molecule has 0 atom stereocenters. The van der Waals surface area contributed by atoms with Crippen LogP contribution < -0.4 is 5.73 Å². The molecule has 1 heterocycles. The van der Waals surface area contributed by atoms with E-state index in [1.165, 1.54) is 11.9 Å². The average molecular weight is 200 g/mol. The van der Waals surface area contributed by atoms with Crippen molar-refractivity contribution in [3.05, 3.63) is 36.2 Å². The molecule has 0 unspecified atom stereocenters. The number of aryl methyl sites for hydroxylation is 1. The predicted molar refractivity (Wildman–Crippen MR) is 59.1 cm³/mol. The molecule has 2 rings (SSSR count). The number of rotatable bonds is 2. The monoisotopic (exact) mass is 200 g/mol. The number of benzene rings is 1. The van der Waals surface area contributed by atoms with Gasteiger partial charge in [0.1, 0.15) is 6.33 Å². The van der Waals surface area contributed by atoms with Gasteiger partial charge in [-0.3, -0.25) is 0 Å². The fraction of sp³-hybridized carbons (Fsp3) is 0.182. The summed E-state index contributed by atoms with van der Waals surface area (Å²) in [5.41, 5.74) is 7.74. The van der Waals surface area contributed by atoms with Crippen LogP contribution in [0.2, 0.25) is 0 Å². The third-order valence-corrected chi connectivity index (χ3v) is 2.21. The minimum Gasteiger partial charge on any atom is -0.368 e. The Morgan fingerprint density at radius 1 is 1.13 bits per heavy atom. The van der Waals surface area contributed by atoms with Crippen molar-refractivity contribution in [3.8, 4) is 11.4 Å². The first-order valence-corrected chi connectivity index (χ1v) is 4.83. The molecule has 76 valence electrons. The van der Waals surface area contributed by atoms with Gasteiger partial charge in [0.2, 0.25) is 5.95 Å². The molecule has 0 saturated heterocycles. The van der Waals surface area contributed by atoms with Crippen molar-refractivity contribution in [1.29, 1.82) is 0 Å². The summed E-state index contributed by atoms with van der Waals surface area (Å²) in [6.45, 7) is 2.12. The van der Waals surface area contributed by atoms with Crippen molar-refractivity contribution in [2.24, 2.45) is 0 Å². The SMILES string of the molecule is CCc1ccc(-c2ncnc(N)n2)cc1. The van der Waals surface area contributed by atoms with Crippen molar-refractivity contribution in [3.63, 3.8) is 0 Å². The van der Waals surface area contributed by atoms with Crippen molar-refractivity contribution in [1.82, 2.24) is 15.0 Å². The zero-order valence-corrected chi connectivity index (χ0v) is 8.51. The van der Waals surface area contributed by atoms with Crippen LogP contribution in [0.1, 0.15) is 12.5 Å². The molecule has 4 nitrogen and oxygen atoms in total.